The molecule has 11 nitrogen and oxygen atoms in total. The smallest absolute Gasteiger partial charge is 0.338 e. The summed E-state index contributed by atoms with van der Waals surface area (Å²) in [5, 5.41) is 9.20. The molecule has 0 aliphatic rings. The molecule has 0 radical (unpaired) electrons. The second-order valence-electron chi connectivity index (χ2n) is 8.43. The van der Waals surface area contributed by atoms with Crippen molar-refractivity contribution >= 4 is 41.3 Å². The minimum absolute atomic E-state index is 0.276. The lowest BCUT2D eigenvalue weighted by Gasteiger charge is -2.11. The van der Waals surface area contributed by atoms with Crippen LogP contribution >= 0.6 is 0 Å². The topological polar surface area (TPSA) is 144 Å². The molecule has 0 bridgehead atoms. The van der Waals surface area contributed by atoms with Gasteiger partial charge in [-0.15, -0.1) is 0 Å². The molecule has 0 aliphatic carbocycles. The number of esters is 1. The van der Waals surface area contributed by atoms with Gasteiger partial charge in [-0.25, -0.2) is 10.2 Å². The third-order valence-corrected chi connectivity index (χ3v) is 5.29. The largest absolute Gasteiger partial charge is 0.493 e. The Morgan fingerprint density at radius 1 is 0.825 bits per heavy atom. The SMILES string of the molecule is CCOC(=O)c1ccc(NC(=O)COc2ccc(C=NNC(=O)CC(=O)Nc3ccc(C)cc3)cc2OC)cc1. The Hall–Kier alpha value is -5.19. The fourth-order valence-electron chi connectivity index (χ4n) is 3.33. The predicted molar refractivity (Wildman–Crippen MR) is 150 cm³/mol. The number of benzene rings is 3. The highest BCUT2D eigenvalue weighted by Crippen LogP contribution is 2.27. The van der Waals surface area contributed by atoms with Crippen molar-refractivity contribution in [2.75, 3.05) is 31.0 Å². The highest BCUT2D eigenvalue weighted by atomic mass is 16.5. The van der Waals surface area contributed by atoms with Gasteiger partial charge in [0.15, 0.2) is 18.1 Å². The molecule has 0 unspecified atom stereocenters. The van der Waals surface area contributed by atoms with Gasteiger partial charge in [0.25, 0.3) is 5.91 Å². The van der Waals surface area contributed by atoms with Crippen molar-refractivity contribution in [2.24, 2.45) is 5.10 Å². The molecule has 0 saturated carbocycles. The third-order valence-electron chi connectivity index (χ3n) is 5.29. The lowest BCUT2D eigenvalue weighted by molar-refractivity contribution is -0.126. The van der Waals surface area contributed by atoms with Gasteiger partial charge >= 0.3 is 5.97 Å². The summed E-state index contributed by atoms with van der Waals surface area (Å²) in [4.78, 5) is 48.1. The Balaban J connectivity index is 1.46. The van der Waals surface area contributed by atoms with Crippen LogP contribution in [0.4, 0.5) is 11.4 Å². The Morgan fingerprint density at radius 3 is 2.12 bits per heavy atom. The van der Waals surface area contributed by atoms with Crippen molar-refractivity contribution in [1.29, 1.82) is 0 Å². The number of nitrogens with one attached hydrogen (secondary N) is 3. The second-order valence-corrected chi connectivity index (χ2v) is 8.43. The first-order chi connectivity index (χ1) is 19.3. The second kappa shape index (κ2) is 14.7. The van der Waals surface area contributed by atoms with E-state index in [0.717, 1.165) is 5.56 Å². The number of hydrogen-bond donors (Lipinski definition) is 3. The molecule has 3 N–H and O–H groups in total. The lowest BCUT2D eigenvalue weighted by atomic mass is 10.2. The average molecular weight is 547 g/mol. The number of hydrazone groups is 1. The van der Waals surface area contributed by atoms with E-state index in [-0.39, 0.29) is 19.6 Å². The molecule has 0 aliphatic heterocycles. The van der Waals surface area contributed by atoms with E-state index in [9.17, 15) is 19.2 Å². The molecule has 0 aromatic heterocycles. The van der Waals surface area contributed by atoms with Crippen LogP contribution in [0.5, 0.6) is 11.5 Å². The van der Waals surface area contributed by atoms with Gasteiger partial charge in [0.05, 0.1) is 25.5 Å². The molecule has 208 valence electrons. The van der Waals surface area contributed by atoms with Gasteiger partial charge < -0.3 is 24.8 Å². The maximum atomic E-state index is 12.3. The number of ether oxygens (including phenoxy) is 3. The standard InChI is InChI=1S/C29H30N4O7/c1-4-39-29(37)21-8-12-23(13-9-21)32-28(36)18-40-24-14-7-20(15-25(24)38-3)17-30-33-27(35)16-26(34)31-22-10-5-19(2)6-11-22/h5-15,17H,4,16,18H2,1-3H3,(H,31,34)(H,32,36)(H,33,35). The lowest BCUT2D eigenvalue weighted by Crippen LogP contribution is -2.24. The minimum Gasteiger partial charge on any atom is -0.493 e. The predicted octanol–water partition coefficient (Wildman–Crippen LogP) is 3.68. The van der Waals surface area contributed by atoms with Gasteiger partial charge in [0, 0.05) is 11.4 Å². The van der Waals surface area contributed by atoms with Crippen molar-refractivity contribution in [2.45, 2.75) is 20.3 Å². The highest BCUT2D eigenvalue weighted by molar-refractivity contribution is 6.03. The van der Waals surface area contributed by atoms with Crippen LogP contribution in [0.3, 0.4) is 0 Å². The van der Waals surface area contributed by atoms with E-state index in [4.69, 9.17) is 14.2 Å². The van der Waals surface area contributed by atoms with Crippen LogP contribution in [0.2, 0.25) is 0 Å². The van der Waals surface area contributed by atoms with Gasteiger partial charge in [-0.1, -0.05) is 17.7 Å². The fourth-order valence-corrected chi connectivity index (χ4v) is 3.33. The van der Waals surface area contributed by atoms with Gasteiger partial charge in [-0.3, -0.25) is 14.4 Å². The quantitative estimate of drug-likeness (QED) is 0.136. The summed E-state index contributed by atoms with van der Waals surface area (Å²) in [6, 6.07) is 18.4. The molecular weight excluding hydrogens is 516 g/mol. The molecule has 40 heavy (non-hydrogen) atoms. The summed E-state index contributed by atoms with van der Waals surface area (Å²) in [5.74, 6) is -1.21. The molecule has 3 aromatic carbocycles. The van der Waals surface area contributed by atoms with Crippen molar-refractivity contribution in [3.8, 4) is 11.5 Å². The minimum atomic E-state index is -0.575. The van der Waals surface area contributed by atoms with Crippen LogP contribution in [-0.4, -0.2) is 50.2 Å². The van der Waals surface area contributed by atoms with E-state index in [2.05, 4.69) is 21.2 Å². The van der Waals surface area contributed by atoms with Crippen LogP contribution in [0.15, 0.2) is 71.8 Å². The molecule has 11 heteroatoms. The van der Waals surface area contributed by atoms with E-state index in [1.165, 1.54) is 13.3 Å². The van der Waals surface area contributed by atoms with Crippen LogP contribution in [0, 0.1) is 6.92 Å². The summed E-state index contributed by atoms with van der Waals surface area (Å²) in [7, 11) is 1.45. The number of aryl methyl sites for hydroxylation is 1. The molecule has 0 spiro atoms. The van der Waals surface area contributed by atoms with Crippen LogP contribution in [0.25, 0.3) is 0 Å². The van der Waals surface area contributed by atoms with Gasteiger partial charge in [0.1, 0.15) is 6.42 Å². The Kier molecular flexibility index (Phi) is 10.8. The molecule has 0 fully saturated rings. The molecular formula is C29H30N4O7. The average Bonchev–Trinajstić information content (AvgIpc) is 2.94. The van der Waals surface area contributed by atoms with Gasteiger partial charge in [-0.2, -0.15) is 5.10 Å². The summed E-state index contributed by atoms with van der Waals surface area (Å²) < 4.78 is 15.9. The van der Waals surface area contributed by atoms with E-state index < -0.39 is 23.7 Å². The van der Waals surface area contributed by atoms with Crippen molar-refractivity contribution < 1.29 is 33.4 Å². The number of hydrogen-bond acceptors (Lipinski definition) is 8. The fraction of sp³-hybridized carbons (Fsp3) is 0.207. The number of carbonyl (C=O) groups excluding carboxylic acids is 4. The zero-order valence-electron chi connectivity index (χ0n) is 22.4. The first-order valence-electron chi connectivity index (χ1n) is 12.3. The van der Waals surface area contributed by atoms with Crippen molar-refractivity contribution in [1.82, 2.24) is 5.43 Å². The monoisotopic (exact) mass is 546 g/mol. The van der Waals surface area contributed by atoms with Gasteiger partial charge in [0.2, 0.25) is 11.8 Å². The van der Waals surface area contributed by atoms with E-state index in [1.807, 2.05) is 19.1 Å². The molecule has 0 atom stereocenters. The molecule has 0 heterocycles. The zero-order valence-corrected chi connectivity index (χ0v) is 22.4. The number of anilines is 2. The Morgan fingerprint density at radius 2 is 1.48 bits per heavy atom. The first kappa shape index (κ1) is 29.4. The highest BCUT2D eigenvalue weighted by Gasteiger charge is 2.11. The molecule has 0 saturated heterocycles. The third kappa shape index (κ3) is 9.28. The summed E-state index contributed by atoms with van der Waals surface area (Å²) in [5.41, 5.74) is 5.43. The number of amides is 3. The molecule has 3 amide bonds. The van der Waals surface area contributed by atoms with Crippen molar-refractivity contribution in [3.63, 3.8) is 0 Å². The Labute approximate surface area is 231 Å². The number of rotatable bonds is 12. The van der Waals surface area contributed by atoms with Gasteiger partial charge in [-0.05, 0) is 74.0 Å². The number of carbonyl (C=O) groups is 4. The number of methoxy groups -OCH3 is 1. The zero-order chi connectivity index (χ0) is 28.9. The van der Waals surface area contributed by atoms with Crippen molar-refractivity contribution in [3.05, 3.63) is 83.4 Å². The summed E-state index contributed by atoms with van der Waals surface area (Å²) in [6.45, 7) is 3.65. The normalized spacial score (nSPS) is 10.5. The van der Waals surface area contributed by atoms with E-state index >= 15 is 0 Å². The van der Waals surface area contributed by atoms with Crippen LogP contribution < -0.4 is 25.5 Å². The summed E-state index contributed by atoms with van der Waals surface area (Å²) >= 11 is 0. The van der Waals surface area contributed by atoms with Crippen LogP contribution in [-0.2, 0) is 19.1 Å². The van der Waals surface area contributed by atoms with E-state index in [0.29, 0.717) is 34.0 Å². The maximum Gasteiger partial charge on any atom is 0.338 e. The first-order valence-corrected chi connectivity index (χ1v) is 12.3. The van der Waals surface area contributed by atoms with Crippen LogP contribution in [0.1, 0.15) is 34.8 Å². The molecule has 3 rings (SSSR count). The number of nitrogens with zero attached hydrogens (tertiary/aromatic N) is 1. The Bertz CT molecular complexity index is 1370. The maximum absolute atomic E-state index is 12.3. The molecule has 3 aromatic rings. The summed E-state index contributed by atoms with van der Waals surface area (Å²) in [6.07, 6.45) is 0.994. The van der Waals surface area contributed by atoms with E-state index in [1.54, 1.807) is 61.5 Å².